The van der Waals surface area contributed by atoms with Crippen LogP contribution in [0.1, 0.15) is 23.1 Å². The second-order valence-electron chi connectivity index (χ2n) is 6.37. The van der Waals surface area contributed by atoms with E-state index in [2.05, 4.69) is 10.5 Å². The molecule has 0 fully saturated rings. The van der Waals surface area contributed by atoms with E-state index in [-0.39, 0.29) is 12.9 Å². The third-order valence-corrected chi connectivity index (χ3v) is 4.39. The van der Waals surface area contributed by atoms with Crippen LogP contribution >= 0.6 is 0 Å². The number of nitrogens with zero attached hydrogens (tertiary/aromatic N) is 1. The lowest BCUT2D eigenvalue weighted by Gasteiger charge is -2.11. The van der Waals surface area contributed by atoms with Crippen molar-refractivity contribution >= 4 is 5.71 Å². The van der Waals surface area contributed by atoms with Crippen LogP contribution in [-0.2, 0) is 17.6 Å². The zero-order valence-electron chi connectivity index (χ0n) is 14.3. The van der Waals surface area contributed by atoms with Crippen molar-refractivity contribution in [3.63, 3.8) is 0 Å². The summed E-state index contributed by atoms with van der Waals surface area (Å²) in [6.07, 6.45) is -3.90. The topological polar surface area (TPSA) is 52.1 Å². The lowest BCUT2D eigenvalue weighted by Crippen LogP contribution is -2.26. The normalized spacial score (nSPS) is 18.3. The molecule has 1 unspecified atom stereocenters. The number of alkyl halides is 3. The second-order valence-corrected chi connectivity index (χ2v) is 6.37. The van der Waals surface area contributed by atoms with Crippen LogP contribution in [0, 0.1) is 0 Å². The van der Waals surface area contributed by atoms with Gasteiger partial charge in [0, 0.05) is 25.1 Å². The fraction of sp³-hybridized carbons (Fsp3) is 0.316. The molecule has 0 spiro atoms. The van der Waals surface area contributed by atoms with Crippen molar-refractivity contribution in [1.29, 1.82) is 0 Å². The SMILES string of the molecule is FC(F)(F)c1cccc(CNCC2CC(c3ccc4c(c3)OCO4)=NO2)c1. The van der Waals surface area contributed by atoms with Crippen molar-refractivity contribution < 1.29 is 27.5 Å². The van der Waals surface area contributed by atoms with Gasteiger partial charge in [0.15, 0.2) is 11.5 Å². The summed E-state index contributed by atoms with van der Waals surface area (Å²) in [5.74, 6) is 1.39. The van der Waals surface area contributed by atoms with E-state index in [0.29, 0.717) is 36.6 Å². The van der Waals surface area contributed by atoms with Crippen LogP contribution in [0.2, 0.25) is 0 Å². The van der Waals surface area contributed by atoms with Crippen molar-refractivity contribution in [2.45, 2.75) is 25.2 Å². The fourth-order valence-electron chi connectivity index (χ4n) is 3.02. The van der Waals surface area contributed by atoms with Gasteiger partial charge >= 0.3 is 6.18 Å². The Bertz CT molecular complexity index is 868. The smallest absolute Gasteiger partial charge is 0.416 e. The molecule has 2 aromatic carbocycles. The minimum atomic E-state index is -4.34. The third-order valence-electron chi connectivity index (χ3n) is 4.39. The number of rotatable bonds is 5. The maximum atomic E-state index is 12.8. The molecule has 2 aliphatic heterocycles. The van der Waals surface area contributed by atoms with Gasteiger partial charge in [-0.05, 0) is 29.8 Å². The van der Waals surface area contributed by atoms with E-state index in [9.17, 15) is 13.2 Å². The number of hydrogen-bond acceptors (Lipinski definition) is 5. The van der Waals surface area contributed by atoms with Gasteiger partial charge in [0.2, 0.25) is 6.79 Å². The molecular weight excluding hydrogens is 361 g/mol. The zero-order chi connectivity index (χ0) is 18.9. The molecule has 0 radical (unpaired) electrons. The van der Waals surface area contributed by atoms with Gasteiger partial charge < -0.3 is 19.6 Å². The largest absolute Gasteiger partial charge is 0.454 e. The highest BCUT2D eigenvalue weighted by Crippen LogP contribution is 2.33. The van der Waals surface area contributed by atoms with E-state index < -0.39 is 11.7 Å². The maximum absolute atomic E-state index is 12.8. The second kappa shape index (κ2) is 7.11. The minimum absolute atomic E-state index is 0.170. The number of hydrogen-bond donors (Lipinski definition) is 1. The Kier molecular flexibility index (Phi) is 4.65. The van der Waals surface area contributed by atoms with Crippen LogP contribution in [-0.4, -0.2) is 25.2 Å². The summed E-state index contributed by atoms with van der Waals surface area (Å²) in [6.45, 7) is 1.01. The molecule has 4 rings (SSSR count). The first kappa shape index (κ1) is 17.7. The van der Waals surface area contributed by atoms with Crippen LogP contribution in [0.15, 0.2) is 47.6 Å². The maximum Gasteiger partial charge on any atom is 0.416 e. The van der Waals surface area contributed by atoms with Gasteiger partial charge in [-0.25, -0.2) is 0 Å². The van der Waals surface area contributed by atoms with E-state index in [1.807, 2.05) is 18.2 Å². The first-order valence-corrected chi connectivity index (χ1v) is 8.48. The van der Waals surface area contributed by atoms with Crippen molar-refractivity contribution in [2.75, 3.05) is 13.3 Å². The monoisotopic (exact) mass is 378 g/mol. The first-order chi connectivity index (χ1) is 13.0. The first-order valence-electron chi connectivity index (χ1n) is 8.48. The quantitative estimate of drug-likeness (QED) is 0.862. The Hall–Kier alpha value is -2.74. The summed E-state index contributed by atoms with van der Waals surface area (Å²) in [7, 11) is 0. The van der Waals surface area contributed by atoms with Gasteiger partial charge in [-0.15, -0.1) is 0 Å². The summed E-state index contributed by atoms with van der Waals surface area (Å²) in [6, 6.07) is 10.9. The molecule has 1 atom stereocenters. The summed E-state index contributed by atoms with van der Waals surface area (Å²) < 4.78 is 48.9. The average molecular weight is 378 g/mol. The van der Waals surface area contributed by atoms with Crippen LogP contribution < -0.4 is 14.8 Å². The Morgan fingerprint density at radius 1 is 1.07 bits per heavy atom. The number of oxime groups is 1. The van der Waals surface area contributed by atoms with E-state index >= 15 is 0 Å². The Morgan fingerprint density at radius 3 is 2.78 bits per heavy atom. The Balaban J connectivity index is 1.29. The van der Waals surface area contributed by atoms with Crippen LogP contribution in [0.25, 0.3) is 0 Å². The molecule has 2 heterocycles. The van der Waals surface area contributed by atoms with Crippen LogP contribution in [0.5, 0.6) is 11.5 Å². The highest BCUT2D eigenvalue weighted by Gasteiger charge is 2.30. The van der Waals surface area contributed by atoms with Gasteiger partial charge in [-0.1, -0.05) is 23.4 Å². The summed E-state index contributed by atoms with van der Waals surface area (Å²) >= 11 is 0. The predicted octanol–water partition coefficient (Wildman–Crippen LogP) is 3.72. The van der Waals surface area contributed by atoms with Crippen molar-refractivity contribution in [1.82, 2.24) is 5.32 Å². The number of halogens is 3. The highest BCUT2D eigenvalue weighted by molar-refractivity contribution is 6.01. The Labute approximate surface area is 153 Å². The number of fused-ring (bicyclic) bond motifs is 1. The van der Waals surface area contributed by atoms with Crippen LogP contribution in [0.3, 0.4) is 0 Å². The lowest BCUT2D eigenvalue weighted by atomic mass is 10.0. The number of nitrogens with one attached hydrogen (secondary N) is 1. The minimum Gasteiger partial charge on any atom is -0.454 e. The molecular formula is C19H17F3N2O3. The van der Waals surface area contributed by atoms with E-state index in [0.717, 1.165) is 23.4 Å². The van der Waals surface area contributed by atoms with E-state index in [1.165, 1.54) is 6.07 Å². The van der Waals surface area contributed by atoms with Gasteiger partial charge in [0.1, 0.15) is 6.10 Å². The van der Waals surface area contributed by atoms with Crippen molar-refractivity contribution in [3.05, 3.63) is 59.2 Å². The van der Waals surface area contributed by atoms with Gasteiger partial charge in [0.25, 0.3) is 0 Å². The van der Waals surface area contributed by atoms with Crippen molar-refractivity contribution in [2.24, 2.45) is 5.16 Å². The standard InChI is InChI=1S/C19H17F3N2O3/c20-19(21,22)14-3-1-2-12(6-14)9-23-10-15-8-16(24-27-15)13-4-5-17-18(7-13)26-11-25-17/h1-7,15,23H,8-11H2. The van der Waals surface area contributed by atoms with E-state index in [4.69, 9.17) is 14.3 Å². The molecule has 2 aromatic rings. The lowest BCUT2D eigenvalue weighted by molar-refractivity contribution is -0.137. The average Bonchev–Trinajstić information content (AvgIpc) is 3.30. The Morgan fingerprint density at radius 2 is 1.93 bits per heavy atom. The summed E-state index contributed by atoms with van der Waals surface area (Å²) in [5, 5.41) is 7.24. The molecule has 27 heavy (non-hydrogen) atoms. The van der Waals surface area contributed by atoms with Crippen LogP contribution in [0.4, 0.5) is 13.2 Å². The van der Waals surface area contributed by atoms with Crippen molar-refractivity contribution in [3.8, 4) is 11.5 Å². The van der Waals surface area contributed by atoms with E-state index in [1.54, 1.807) is 6.07 Å². The molecule has 5 nitrogen and oxygen atoms in total. The van der Waals surface area contributed by atoms with Gasteiger partial charge in [-0.2, -0.15) is 13.2 Å². The molecule has 142 valence electrons. The molecule has 0 bridgehead atoms. The summed E-state index contributed by atoms with van der Waals surface area (Å²) in [5.41, 5.74) is 1.63. The zero-order valence-corrected chi connectivity index (χ0v) is 14.3. The molecule has 0 aromatic heterocycles. The summed E-state index contributed by atoms with van der Waals surface area (Å²) in [4.78, 5) is 5.43. The fourth-order valence-corrected chi connectivity index (χ4v) is 3.02. The molecule has 8 heteroatoms. The molecule has 0 amide bonds. The third kappa shape index (κ3) is 4.00. The molecule has 0 aliphatic carbocycles. The molecule has 2 aliphatic rings. The molecule has 0 saturated carbocycles. The predicted molar refractivity (Wildman–Crippen MR) is 91.7 cm³/mol. The molecule has 1 N–H and O–H groups in total. The number of benzene rings is 2. The van der Waals surface area contributed by atoms with Gasteiger partial charge in [0.05, 0.1) is 11.3 Å². The number of ether oxygens (including phenoxy) is 2. The highest BCUT2D eigenvalue weighted by atomic mass is 19.4. The van der Waals surface area contributed by atoms with Gasteiger partial charge in [-0.3, -0.25) is 0 Å². The molecule has 0 saturated heterocycles.